The van der Waals surface area contributed by atoms with Crippen molar-refractivity contribution >= 4 is 17.2 Å². The topological polar surface area (TPSA) is 36.4 Å². The maximum absolute atomic E-state index is 13.0. The second kappa shape index (κ2) is 8.57. The van der Waals surface area contributed by atoms with Crippen molar-refractivity contribution in [3.63, 3.8) is 0 Å². The van der Waals surface area contributed by atoms with Crippen molar-refractivity contribution < 1.29 is 4.79 Å². The van der Waals surface area contributed by atoms with Crippen molar-refractivity contribution in [1.82, 2.24) is 14.8 Å². The molecule has 0 atom stereocenters. The molecule has 3 rings (SSSR count). The zero-order chi connectivity index (χ0) is 21.2. The van der Waals surface area contributed by atoms with Gasteiger partial charge in [0.15, 0.2) is 0 Å². The normalized spacial score (nSPS) is 16.7. The Hall–Kier alpha value is -1.72. The highest BCUT2D eigenvalue weighted by atomic mass is 32.1. The Morgan fingerprint density at radius 1 is 0.966 bits per heavy atom. The molecule has 0 N–H and O–H groups in total. The summed E-state index contributed by atoms with van der Waals surface area (Å²) in [6.07, 6.45) is 1.00. The zero-order valence-electron chi connectivity index (χ0n) is 18.8. The fourth-order valence-electron chi connectivity index (χ4n) is 3.58. The Bertz CT molecular complexity index is 827. The predicted molar refractivity (Wildman–Crippen MR) is 122 cm³/mol. The van der Waals surface area contributed by atoms with Crippen molar-refractivity contribution in [2.24, 2.45) is 0 Å². The molecular weight excluding hydrogens is 378 g/mol. The van der Waals surface area contributed by atoms with Gasteiger partial charge in [-0.05, 0) is 29.5 Å². The third kappa shape index (κ3) is 5.67. The number of carbonyl (C=O) groups is 1. The summed E-state index contributed by atoms with van der Waals surface area (Å²) in [6.45, 7) is 17.6. The number of rotatable bonds is 3. The summed E-state index contributed by atoms with van der Waals surface area (Å²) in [5.41, 5.74) is 3.41. The van der Waals surface area contributed by atoms with Gasteiger partial charge in [-0.3, -0.25) is 9.69 Å². The standard InChI is InChI=1S/C24H35N3OS/c1-23(2,3)19-10-8-18(9-11-19)21(28)27-13-7-12-26(14-15-27)16-20-17-29-22(25-20)24(4,5)6/h8-11,17H,7,12-16H2,1-6H3. The van der Waals surface area contributed by atoms with Crippen molar-refractivity contribution in [2.45, 2.75) is 65.3 Å². The second-order valence-electron chi connectivity index (χ2n) is 10.1. The number of thiazole rings is 1. The number of carbonyl (C=O) groups excluding carboxylic acids is 1. The summed E-state index contributed by atoms with van der Waals surface area (Å²) in [4.78, 5) is 22.3. The van der Waals surface area contributed by atoms with Crippen LogP contribution in [-0.2, 0) is 17.4 Å². The van der Waals surface area contributed by atoms with E-state index < -0.39 is 0 Å². The molecule has 1 amide bonds. The molecule has 0 unspecified atom stereocenters. The van der Waals surface area contributed by atoms with Crippen LogP contribution < -0.4 is 0 Å². The molecule has 0 spiro atoms. The Balaban J connectivity index is 1.59. The Kier molecular flexibility index (Phi) is 6.49. The molecule has 0 radical (unpaired) electrons. The minimum atomic E-state index is 0.104. The average Bonchev–Trinajstić information content (AvgIpc) is 3.00. The molecule has 1 aromatic heterocycles. The molecule has 4 nitrogen and oxygen atoms in total. The molecule has 1 aliphatic heterocycles. The fraction of sp³-hybridized carbons (Fsp3) is 0.583. The van der Waals surface area contributed by atoms with Crippen LogP contribution in [0.4, 0.5) is 0 Å². The van der Waals surface area contributed by atoms with Gasteiger partial charge >= 0.3 is 0 Å². The Morgan fingerprint density at radius 3 is 2.24 bits per heavy atom. The molecule has 5 heteroatoms. The van der Waals surface area contributed by atoms with Crippen molar-refractivity contribution in [3.8, 4) is 0 Å². The maximum Gasteiger partial charge on any atom is 0.253 e. The molecule has 1 saturated heterocycles. The van der Waals surface area contributed by atoms with Gasteiger partial charge in [0.25, 0.3) is 5.91 Å². The van der Waals surface area contributed by atoms with Crippen LogP contribution in [0.1, 0.15) is 74.6 Å². The summed E-state index contributed by atoms with van der Waals surface area (Å²) in [5.74, 6) is 0.149. The maximum atomic E-state index is 13.0. The molecule has 29 heavy (non-hydrogen) atoms. The van der Waals surface area contributed by atoms with Gasteiger partial charge in [0.2, 0.25) is 0 Å². The number of nitrogens with zero attached hydrogens (tertiary/aromatic N) is 3. The van der Waals surface area contributed by atoms with Gasteiger partial charge < -0.3 is 4.90 Å². The molecule has 0 bridgehead atoms. The summed E-state index contributed by atoms with van der Waals surface area (Å²) in [7, 11) is 0. The van der Waals surface area contributed by atoms with Crippen LogP contribution in [0.15, 0.2) is 29.6 Å². The largest absolute Gasteiger partial charge is 0.337 e. The van der Waals surface area contributed by atoms with E-state index in [0.29, 0.717) is 0 Å². The highest BCUT2D eigenvalue weighted by Gasteiger charge is 2.23. The number of hydrogen-bond acceptors (Lipinski definition) is 4. The van der Waals surface area contributed by atoms with Gasteiger partial charge in [-0.15, -0.1) is 11.3 Å². The van der Waals surface area contributed by atoms with E-state index in [1.54, 1.807) is 11.3 Å². The van der Waals surface area contributed by atoms with Crippen LogP contribution in [0.5, 0.6) is 0 Å². The summed E-state index contributed by atoms with van der Waals surface area (Å²) in [6, 6.07) is 8.14. The van der Waals surface area contributed by atoms with Gasteiger partial charge in [0.1, 0.15) is 0 Å². The van der Waals surface area contributed by atoms with Crippen molar-refractivity contribution in [2.75, 3.05) is 26.2 Å². The minimum absolute atomic E-state index is 0.104. The van der Waals surface area contributed by atoms with Gasteiger partial charge in [0.05, 0.1) is 10.7 Å². The summed E-state index contributed by atoms with van der Waals surface area (Å²) < 4.78 is 0. The number of amides is 1. The van der Waals surface area contributed by atoms with Crippen LogP contribution >= 0.6 is 11.3 Å². The number of benzene rings is 1. The van der Waals surface area contributed by atoms with E-state index in [-0.39, 0.29) is 16.7 Å². The van der Waals surface area contributed by atoms with E-state index in [1.807, 2.05) is 17.0 Å². The molecule has 0 saturated carbocycles. The van der Waals surface area contributed by atoms with Crippen LogP contribution in [0.25, 0.3) is 0 Å². The molecule has 2 aromatic rings. The molecule has 1 fully saturated rings. The monoisotopic (exact) mass is 413 g/mol. The quantitative estimate of drug-likeness (QED) is 0.703. The fourth-order valence-corrected chi connectivity index (χ4v) is 4.48. The zero-order valence-corrected chi connectivity index (χ0v) is 19.6. The van der Waals surface area contributed by atoms with Crippen molar-refractivity contribution in [3.05, 3.63) is 51.5 Å². The Morgan fingerprint density at radius 2 is 1.66 bits per heavy atom. The molecule has 158 valence electrons. The molecule has 2 heterocycles. The third-order valence-corrected chi connectivity index (χ3v) is 6.77. The van der Waals surface area contributed by atoms with E-state index in [2.05, 4.69) is 64.0 Å². The SMILES string of the molecule is CC(C)(C)c1ccc(C(=O)N2CCCN(Cc3csc(C(C)(C)C)n3)CC2)cc1. The van der Waals surface area contributed by atoms with Gasteiger partial charge in [-0.2, -0.15) is 0 Å². The Labute approximate surface area is 179 Å². The lowest BCUT2D eigenvalue weighted by molar-refractivity contribution is 0.0761. The molecular formula is C24H35N3OS. The number of aromatic nitrogens is 1. The second-order valence-corrected chi connectivity index (χ2v) is 11.0. The van der Waals surface area contributed by atoms with E-state index in [4.69, 9.17) is 4.98 Å². The lowest BCUT2D eigenvalue weighted by Gasteiger charge is -2.23. The van der Waals surface area contributed by atoms with Crippen LogP contribution in [0, 0.1) is 0 Å². The first kappa shape index (κ1) is 22.0. The average molecular weight is 414 g/mol. The molecule has 1 aliphatic rings. The van der Waals surface area contributed by atoms with E-state index in [1.165, 1.54) is 10.6 Å². The van der Waals surface area contributed by atoms with Crippen LogP contribution in [0.3, 0.4) is 0 Å². The first-order valence-electron chi connectivity index (χ1n) is 10.6. The lowest BCUT2D eigenvalue weighted by atomic mass is 9.86. The minimum Gasteiger partial charge on any atom is -0.337 e. The first-order valence-corrected chi connectivity index (χ1v) is 11.5. The van der Waals surface area contributed by atoms with Crippen LogP contribution in [0.2, 0.25) is 0 Å². The highest BCUT2D eigenvalue weighted by Crippen LogP contribution is 2.26. The van der Waals surface area contributed by atoms with E-state index in [0.717, 1.165) is 50.4 Å². The highest BCUT2D eigenvalue weighted by molar-refractivity contribution is 7.09. The van der Waals surface area contributed by atoms with E-state index in [9.17, 15) is 4.79 Å². The summed E-state index contributed by atoms with van der Waals surface area (Å²) in [5, 5.41) is 3.38. The van der Waals surface area contributed by atoms with Crippen molar-refractivity contribution in [1.29, 1.82) is 0 Å². The third-order valence-electron chi connectivity index (χ3n) is 5.45. The predicted octanol–water partition coefficient (Wildman–Crippen LogP) is 5.09. The van der Waals surface area contributed by atoms with Crippen LogP contribution in [-0.4, -0.2) is 46.9 Å². The lowest BCUT2D eigenvalue weighted by Crippen LogP contribution is -2.35. The molecule has 0 aliphatic carbocycles. The van der Waals surface area contributed by atoms with Gasteiger partial charge in [-0.1, -0.05) is 53.7 Å². The first-order chi connectivity index (χ1) is 13.5. The molecule has 1 aromatic carbocycles. The summed E-state index contributed by atoms with van der Waals surface area (Å²) >= 11 is 1.75. The van der Waals surface area contributed by atoms with Gasteiger partial charge in [0, 0.05) is 49.1 Å². The number of hydrogen-bond donors (Lipinski definition) is 0. The van der Waals surface area contributed by atoms with E-state index >= 15 is 0 Å². The smallest absolute Gasteiger partial charge is 0.253 e. The van der Waals surface area contributed by atoms with Gasteiger partial charge in [-0.25, -0.2) is 4.98 Å².